The predicted molar refractivity (Wildman–Crippen MR) is 76.6 cm³/mol. The van der Waals surface area contributed by atoms with Crippen LogP contribution in [0, 0.1) is 5.92 Å². The molecule has 2 nitrogen and oxygen atoms in total. The average molecular weight is 258 g/mol. The monoisotopic (exact) mass is 258 g/mol. The molecule has 1 aromatic carbocycles. The molecule has 3 rings (SSSR count). The van der Waals surface area contributed by atoms with E-state index in [0.717, 1.165) is 18.2 Å². The Morgan fingerprint density at radius 1 is 1.28 bits per heavy atom. The second-order valence-electron chi connectivity index (χ2n) is 5.15. The maximum Gasteiger partial charge on any atom is 0.107 e. The van der Waals surface area contributed by atoms with Crippen molar-refractivity contribution in [1.82, 2.24) is 10.3 Å². The number of aromatic nitrogens is 1. The van der Waals surface area contributed by atoms with Gasteiger partial charge in [-0.2, -0.15) is 0 Å². The molecule has 1 N–H and O–H groups in total. The van der Waals surface area contributed by atoms with Gasteiger partial charge in [-0.15, -0.1) is 11.3 Å². The minimum absolute atomic E-state index is 0.712. The zero-order chi connectivity index (χ0) is 12.4. The molecule has 18 heavy (non-hydrogen) atoms. The van der Waals surface area contributed by atoms with Crippen molar-refractivity contribution in [3.63, 3.8) is 0 Å². The van der Waals surface area contributed by atoms with Gasteiger partial charge in [0.2, 0.25) is 0 Å². The SMILES string of the molecule is CC1CC(NCc2nc(-c3ccccc3)cs2)C1. The van der Waals surface area contributed by atoms with Crippen molar-refractivity contribution in [3.8, 4) is 11.3 Å². The molecule has 1 aromatic heterocycles. The van der Waals surface area contributed by atoms with Crippen LogP contribution < -0.4 is 5.32 Å². The smallest absolute Gasteiger partial charge is 0.107 e. The first kappa shape index (κ1) is 11.9. The summed E-state index contributed by atoms with van der Waals surface area (Å²) < 4.78 is 0. The zero-order valence-corrected chi connectivity index (χ0v) is 11.4. The van der Waals surface area contributed by atoms with E-state index >= 15 is 0 Å². The van der Waals surface area contributed by atoms with Crippen LogP contribution >= 0.6 is 11.3 Å². The lowest BCUT2D eigenvalue weighted by molar-refractivity contribution is 0.240. The molecule has 0 atom stereocenters. The van der Waals surface area contributed by atoms with E-state index in [-0.39, 0.29) is 0 Å². The van der Waals surface area contributed by atoms with Crippen LogP contribution in [-0.4, -0.2) is 11.0 Å². The topological polar surface area (TPSA) is 24.9 Å². The summed E-state index contributed by atoms with van der Waals surface area (Å²) in [5.74, 6) is 0.902. The lowest BCUT2D eigenvalue weighted by Crippen LogP contribution is -2.39. The van der Waals surface area contributed by atoms with Crippen molar-refractivity contribution < 1.29 is 0 Å². The summed E-state index contributed by atoms with van der Waals surface area (Å²) in [6.07, 6.45) is 2.63. The molecule has 0 spiro atoms. The van der Waals surface area contributed by atoms with E-state index in [1.54, 1.807) is 11.3 Å². The molecule has 0 amide bonds. The highest BCUT2D eigenvalue weighted by atomic mass is 32.1. The zero-order valence-electron chi connectivity index (χ0n) is 10.6. The van der Waals surface area contributed by atoms with Gasteiger partial charge >= 0.3 is 0 Å². The highest BCUT2D eigenvalue weighted by Gasteiger charge is 2.24. The quantitative estimate of drug-likeness (QED) is 0.904. The van der Waals surface area contributed by atoms with Crippen molar-refractivity contribution in [2.75, 3.05) is 0 Å². The van der Waals surface area contributed by atoms with Crippen LogP contribution in [-0.2, 0) is 6.54 Å². The molecule has 2 aromatic rings. The van der Waals surface area contributed by atoms with E-state index < -0.39 is 0 Å². The maximum absolute atomic E-state index is 4.69. The molecule has 0 saturated heterocycles. The standard InChI is InChI=1S/C15H18N2S/c1-11-7-13(8-11)16-9-15-17-14(10-18-15)12-5-3-2-4-6-12/h2-6,10-11,13,16H,7-9H2,1H3. The first-order valence-corrected chi connectivity index (χ1v) is 7.42. The van der Waals surface area contributed by atoms with Gasteiger partial charge in [-0.25, -0.2) is 4.98 Å². The van der Waals surface area contributed by atoms with Crippen molar-refractivity contribution in [2.24, 2.45) is 5.92 Å². The molecule has 0 unspecified atom stereocenters. The fraction of sp³-hybridized carbons (Fsp3) is 0.400. The van der Waals surface area contributed by atoms with Crippen molar-refractivity contribution in [3.05, 3.63) is 40.7 Å². The van der Waals surface area contributed by atoms with Crippen LogP contribution in [0.25, 0.3) is 11.3 Å². The Morgan fingerprint density at radius 3 is 2.78 bits per heavy atom. The molecule has 3 heteroatoms. The van der Waals surface area contributed by atoms with Gasteiger partial charge in [0.15, 0.2) is 0 Å². The summed E-state index contributed by atoms with van der Waals surface area (Å²) in [7, 11) is 0. The van der Waals surface area contributed by atoms with Crippen LogP contribution in [0.4, 0.5) is 0 Å². The minimum Gasteiger partial charge on any atom is -0.308 e. The first-order valence-electron chi connectivity index (χ1n) is 6.54. The number of nitrogens with one attached hydrogen (secondary N) is 1. The summed E-state index contributed by atoms with van der Waals surface area (Å²) in [6, 6.07) is 11.1. The highest BCUT2D eigenvalue weighted by molar-refractivity contribution is 7.09. The lowest BCUT2D eigenvalue weighted by Gasteiger charge is -2.33. The van der Waals surface area contributed by atoms with Gasteiger partial charge in [-0.05, 0) is 18.8 Å². The van der Waals surface area contributed by atoms with Gasteiger partial charge in [0.25, 0.3) is 0 Å². The summed E-state index contributed by atoms with van der Waals surface area (Å²) in [6.45, 7) is 3.23. The molecular weight excluding hydrogens is 240 g/mol. The Bertz CT molecular complexity index is 500. The van der Waals surface area contributed by atoms with Crippen molar-refractivity contribution >= 4 is 11.3 Å². The molecule has 1 saturated carbocycles. The number of thiazole rings is 1. The summed E-state index contributed by atoms with van der Waals surface area (Å²) in [5.41, 5.74) is 2.30. The minimum atomic E-state index is 0.712. The summed E-state index contributed by atoms with van der Waals surface area (Å²) in [5, 5.41) is 6.92. The number of nitrogens with zero attached hydrogens (tertiary/aromatic N) is 1. The number of benzene rings is 1. The molecule has 1 aliphatic rings. The predicted octanol–water partition coefficient (Wildman–Crippen LogP) is 3.70. The molecule has 1 aliphatic carbocycles. The van der Waals surface area contributed by atoms with Crippen LogP contribution in [0.1, 0.15) is 24.8 Å². The Balaban J connectivity index is 1.60. The fourth-order valence-corrected chi connectivity index (χ4v) is 3.19. The fourth-order valence-electron chi connectivity index (χ4n) is 2.43. The number of hydrogen-bond acceptors (Lipinski definition) is 3. The Hall–Kier alpha value is -1.19. The molecule has 0 radical (unpaired) electrons. The summed E-state index contributed by atoms with van der Waals surface area (Å²) >= 11 is 1.75. The van der Waals surface area contributed by atoms with Gasteiger partial charge in [0.05, 0.1) is 5.69 Å². The van der Waals surface area contributed by atoms with Gasteiger partial charge in [0.1, 0.15) is 5.01 Å². The van der Waals surface area contributed by atoms with Gasteiger partial charge in [0, 0.05) is 23.5 Å². The van der Waals surface area contributed by atoms with Gasteiger partial charge < -0.3 is 5.32 Å². The van der Waals surface area contributed by atoms with E-state index in [4.69, 9.17) is 0 Å². The molecule has 1 fully saturated rings. The largest absolute Gasteiger partial charge is 0.308 e. The Kier molecular flexibility index (Phi) is 3.43. The van der Waals surface area contributed by atoms with E-state index in [2.05, 4.69) is 46.9 Å². The van der Waals surface area contributed by atoms with E-state index in [9.17, 15) is 0 Å². The van der Waals surface area contributed by atoms with E-state index in [0.29, 0.717) is 6.04 Å². The average Bonchev–Trinajstić information content (AvgIpc) is 2.83. The van der Waals surface area contributed by atoms with Crippen LogP contribution in [0.2, 0.25) is 0 Å². The van der Waals surface area contributed by atoms with Crippen LogP contribution in [0.5, 0.6) is 0 Å². The van der Waals surface area contributed by atoms with Gasteiger partial charge in [-0.3, -0.25) is 0 Å². The van der Waals surface area contributed by atoms with Crippen molar-refractivity contribution in [1.29, 1.82) is 0 Å². The molecule has 1 heterocycles. The molecule has 94 valence electrons. The van der Waals surface area contributed by atoms with E-state index in [1.165, 1.54) is 23.4 Å². The van der Waals surface area contributed by atoms with Crippen molar-refractivity contribution in [2.45, 2.75) is 32.4 Å². The Morgan fingerprint density at radius 2 is 2.06 bits per heavy atom. The third kappa shape index (κ3) is 2.62. The molecular formula is C15H18N2S. The van der Waals surface area contributed by atoms with Gasteiger partial charge in [-0.1, -0.05) is 37.3 Å². The second kappa shape index (κ2) is 5.21. The second-order valence-corrected chi connectivity index (χ2v) is 6.09. The number of hydrogen-bond donors (Lipinski definition) is 1. The Labute approximate surface area is 112 Å². The third-order valence-corrected chi connectivity index (χ3v) is 4.39. The molecule has 0 aliphatic heterocycles. The number of rotatable bonds is 4. The molecule has 0 bridgehead atoms. The third-order valence-electron chi connectivity index (χ3n) is 3.54. The first-order chi connectivity index (χ1) is 8.81. The van der Waals surface area contributed by atoms with E-state index in [1.807, 2.05) is 6.07 Å². The summed E-state index contributed by atoms with van der Waals surface area (Å²) in [4.78, 5) is 4.69. The normalized spacial score (nSPS) is 22.7. The van der Waals surface area contributed by atoms with Crippen LogP contribution in [0.3, 0.4) is 0 Å². The highest BCUT2D eigenvalue weighted by Crippen LogP contribution is 2.27. The van der Waals surface area contributed by atoms with Crippen LogP contribution in [0.15, 0.2) is 35.7 Å². The lowest BCUT2D eigenvalue weighted by atomic mass is 9.82. The maximum atomic E-state index is 4.69.